The van der Waals surface area contributed by atoms with E-state index in [4.69, 9.17) is 5.73 Å². The summed E-state index contributed by atoms with van der Waals surface area (Å²) >= 11 is 0. The Morgan fingerprint density at radius 3 is 2.55 bits per heavy atom. The fourth-order valence-corrected chi connectivity index (χ4v) is 2.38. The van der Waals surface area contributed by atoms with Gasteiger partial charge in [-0.05, 0) is 44.0 Å². The number of hydrogen-bond acceptors (Lipinski definition) is 3. The van der Waals surface area contributed by atoms with E-state index in [0.29, 0.717) is 16.7 Å². The van der Waals surface area contributed by atoms with Crippen LogP contribution < -0.4 is 11.3 Å². The number of carbonyl (C=O) groups is 1. The zero-order valence-corrected chi connectivity index (χ0v) is 12.9. The molecule has 1 aromatic heterocycles. The smallest absolute Gasteiger partial charge is 0.253 e. The van der Waals surface area contributed by atoms with Crippen LogP contribution in [0, 0.1) is 19.7 Å². The Balaban J connectivity index is 2.53. The van der Waals surface area contributed by atoms with E-state index in [1.165, 1.54) is 23.6 Å². The summed E-state index contributed by atoms with van der Waals surface area (Å²) < 4.78 is 14.9. The first-order valence-corrected chi connectivity index (χ1v) is 6.98. The van der Waals surface area contributed by atoms with Crippen LogP contribution in [0.25, 0.3) is 0 Å². The molecule has 1 aromatic carbocycles. The molecule has 0 aliphatic heterocycles. The molecule has 0 amide bonds. The molecule has 2 N–H and O–H groups in total. The number of aromatic nitrogens is 1. The Kier molecular flexibility index (Phi) is 4.28. The minimum Gasteiger partial charge on any atom is -0.314 e. The molecule has 0 aliphatic rings. The number of aryl methyl sites for hydroxylation is 2. The van der Waals surface area contributed by atoms with Gasteiger partial charge >= 0.3 is 0 Å². The zero-order valence-electron chi connectivity index (χ0n) is 12.9. The summed E-state index contributed by atoms with van der Waals surface area (Å²) in [6.45, 7) is 4.69. The molecule has 4 nitrogen and oxygen atoms in total. The van der Waals surface area contributed by atoms with Gasteiger partial charge in [0.1, 0.15) is 11.4 Å². The first kappa shape index (κ1) is 16.1. The van der Waals surface area contributed by atoms with Crippen LogP contribution in [-0.4, -0.2) is 10.4 Å². The molecule has 2 rings (SSSR count). The Morgan fingerprint density at radius 1 is 1.27 bits per heavy atom. The Morgan fingerprint density at radius 2 is 1.95 bits per heavy atom. The highest BCUT2D eigenvalue weighted by molar-refractivity contribution is 5.87. The minimum absolute atomic E-state index is 0.00786. The van der Waals surface area contributed by atoms with Crippen molar-refractivity contribution in [3.8, 4) is 0 Å². The number of hydrogen-bond donors (Lipinski definition) is 1. The van der Waals surface area contributed by atoms with E-state index in [0.717, 1.165) is 0 Å². The van der Waals surface area contributed by atoms with Crippen LogP contribution in [0.3, 0.4) is 0 Å². The average Bonchev–Trinajstić information content (AvgIpc) is 2.46. The summed E-state index contributed by atoms with van der Waals surface area (Å²) in [4.78, 5) is 24.3. The van der Waals surface area contributed by atoms with E-state index in [9.17, 15) is 14.0 Å². The number of carbonyl (C=O) groups excluding carboxylic acids is 1. The van der Waals surface area contributed by atoms with E-state index < -0.39 is 5.54 Å². The summed E-state index contributed by atoms with van der Waals surface area (Å²) in [5.74, 6) is -0.644. The van der Waals surface area contributed by atoms with Crippen molar-refractivity contribution in [2.45, 2.75) is 32.9 Å². The van der Waals surface area contributed by atoms with Gasteiger partial charge < -0.3 is 10.3 Å². The van der Waals surface area contributed by atoms with E-state index in [1.54, 1.807) is 38.2 Å². The van der Waals surface area contributed by atoms with Crippen molar-refractivity contribution in [3.05, 3.63) is 69.4 Å². The van der Waals surface area contributed by atoms with Crippen molar-refractivity contribution in [3.63, 3.8) is 0 Å². The normalized spacial score (nSPS) is 13.7. The Hall–Kier alpha value is -2.27. The van der Waals surface area contributed by atoms with Crippen molar-refractivity contribution in [2.75, 3.05) is 0 Å². The van der Waals surface area contributed by atoms with E-state index in [-0.39, 0.29) is 23.7 Å². The monoisotopic (exact) mass is 302 g/mol. The molecule has 22 heavy (non-hydrogen) atoms. The van der Waals surface area contributed by atoms with Gasteiger partial charge in [-0.1, -0.05) is 18.2 Å². The highest BCUT2D eigenvalue weighted by Gasteiger charge is 2.34. The molecular formula is C17H19FN2O2. The zero-order chi connectivity index (χ0) is 16.5. The molecule has 0 saturated heterocycles. The molecular weight excluding hydrogens is 283 g/mol. The quantitative estimate of drug-likeness (QED) is 0.940. The largest absolute Gasteiger partial charge is 0.314 e. The van der Waals surface area contributed by atoms with Gasteiger partial charge in [-0.3, -0.25) is 9.59 Å². The first-order valence-electron chi connectivity index (χ1n) is 6.98. The number of nitrogens with zero attached hydrogens (tertiary/aromatic N) is 1. The molecule has 0 spiro atoms. The second-order valence-electron chi connectivity index (χ2n) is 5.62. The number of Topliss-reactive ketones (excluding diaryl/α,β-unsaturated/α-hetero) is 1. The minimum atomic E-state index is -1.38. The van der Waals surface area contributed by atoms with Crippen LogP contribution in [0.2, 0.25) is 0 Å². The average molecular weight is 302 g/mol. The maximum absolute atomic E-state index is 13.5. The molecule has 0 bridgehead atoms. The molecule has 0 fully saturated rings. The number of ketones is 1. The van der Waals surface area contributed by atoms with Gasteiger partial charge in [-0.25, -0.2) is 4.39 Å². The highest BCUT2D eigenvalue weighted by atomic mass is 19.1. The van der Waals surface area contributed by atoms with Crippen molar-refractivity contribution >= 4 is 5.78 Å². The topological polar surface area (TPSA) is 65.1 Å². The van der Waals surface area contributed by atoms with Crippen LogP contribution in [0.1, 0.15) is 23.6 Å². The van der Waals surface area contributed by atoms with Crippen LogP contribution >= 0.6 is 0 Å². The molecule has 2 aromatic rings. The lowest BCUT2D eigenvalue weighted by molar-refractivity contribution is -0.122. The van der Waals surface area contributed by atoms with E-state index in [2.05, 4.69) is 0 Å². The summed E-state index contributed by atoms with van der Waals surface area (Å²) in [5.41, 5.74) is 6.20. The van der Waals surface area contributed by atoms with Crippen molar-refractivity contribution in [1.29, 1.82) is 0 Å². The van der Waals surface area contributed by atoms with Crippen LogP contribution in [0.5, 0.6) is 0 Å². The second-order valence-corrected chi connectivity index (χ2v) is 5.62. The molecule has 116 valence electrons. The summed E-state index contributed by atoms with van der Waals surface area (Å²) in [6, 6.07) is 7.76. The first-order chi connectivity index (χ1) is 10.3. The van der Waals surface area contributed by atoms with Crippen molar-refractivity contribution in [2.24, 2.45) is 5.73 Å². The number of nitrogens with two attached hydrogens (primary N) is 1. The molecule has 0 saturated carbocycles. The number of pyridine rings is 1. The Bertz CT molecular complexity index is 782. The molecule has 1 heterocycles. The molecule has 0 aliphatic carbocycles. The third-order valence-electron chi connectivity index (χ3n) is 3.93. The molecule has 5 heteroatoms. The van der Waals surface area contributed by atoms with Gasteiger partial charge in [0.05, 0.1) is 6.54 Å². The molecule has 0 unspecified atom stereocenters. The fraction of sp³-hybridized carbons (Fsp3) is 0.294. The molecule has 1 atom stereocenters. The van der Waals surface area contributed by atoms with Gasteiger partial charge in [0.15, 0.2) is 5.78 Å². The van der Waals surface area contributed by atoms with Crippen molar-refractivity contribution in [1.82, 2.24) is 4.57 Å². The van der Waals surface area contributed by atoms with Crippen molar-refractivity contribution < 1.29 is 9.18 Å². The summed E-state index contributed by atoms with van der Waals surface area (Å²) in [5, 5.41) is 0. The van der Waals surface area contributed by atoms with Gasteiger partial charge in [0.25, 0.3) is 5.56 Å². The van der Waals surface area contributed by atoms with Crippen LogP contribution in [0.15, 0.2) is 41.3 Å². The lowest BCUT2D eigenvalue weighted by atomic mass is 9.86. The van der Waals surface area contributed by atoms with E-state index >= 15 is 0 Å². The van der Waals surface area contributed by atoms with Gasteiger partial charge in [-0.15, -0.1) is 0 Å². The molecule has 0 radical (unpaired) electrons. The van der Waals surface area contributed by atoms with E-state index in [1.807, 2.05) is 0 Å². The maximum Gasteiger partial charge on any atom is 0.253 e. The lowest BCUT2D eigenvalue weighted by Gasteiger charge is -2.28. The van der Waals surface area contributed by atoms with Crippen LogP contribution in [-0.2, 0) is 16.9 Å². The lowest BCUT2D eigenvalue weighted by Crippen LogP contribution is -2.49. The third kappa shape index (κ3) is 2.85. The summed E-state index contributed by atoms with van der Waals surface area (Å²) in [7, 11) is 0. The maximum atomic E-state index is 13.5. The van der Waals surface area contributed by atoms with Gasteiger partial charge in [0, 0.05) is 11.8 Å². The predicted molar refractivity (Wildman–Crippen MR) is 83.1 cm³/mol. The van der Waals surface area contributed by atoms with Gasteiger partial charge in [0.2, 0.25) is 0 Å². The number of rotatable bonds is 4. The number of benzene rings is 1. The third-order valence-corrected chi connectivity index (χ3v) is 3.93. The number of halogens is 1. The second kappa shape index (κ2) is 5.85. The summed E-state index contributed by atoms with van der Waals surface area (Å²) in [6.07, 6.45) is 1.59. The van der Waals surface area contributed by atoms with Crippen LogP contribution in [0.4, 0.5) is 4.39 Å². The SMILES string of the molecule is CC(=O)[C@](N)(Cn1cccc(C)c1=O)c1ccc(F)c(C)c1. The fourth-order valence-electron chi connectivity index (χ4n) is 2.38. The predicted octanol–water partition coefficient (Wildman–Crippen LogP) is 2.05. The standard InChI is InChI=1S/C17H19FN2O2/c1-11-5-4-8-20(16(11)22)10-17(19,13(3)21)14-6-7-15(18)12(2)9-14/h4-9H,10,19H2,1-3H3/t17-/m1/s1. The van der Waals surface area contributed by atoms with Gasteiger partial charge in [-0.2, -0.15) is 0 Å². The highest BCUT2D eigenvalue weighted by Crippen LogP contribution is 2.23. The Labute approximate surface area is 128 Å².